The van der Waals surface area contributed by atoms with Crippen LogP contribution in [-0.2, 0) is 0 Å². The number of aliphatic hydroxyl groups is 1. The van der Waals surface area contributed by atoms with E-state index < -0.39 is 5.60 Å². The second kappa shape index (κ2) is 2.82. The molecule has 2 N–H and O–H groups in total. The second-order valence-electron chi connectivity index (χ2n) is 4.51. The van der Waals surface area contributed by atoms with E-state index in [0.717, 1.165) is 12.8 Å². The summed E-state index contributed by atoms with van der Waals surface area (Å²) in [7, 11) is 0. The molecule has 0 bridgehead atoms. The Morgan fingerprint density at radius 1 is 1.60 bits per heavy atom. The Labute approximate surface area is 87.1 Å². The number of nitrogens with one attached hydrogen (secondary N) is 1. The topological polar surface area (TPSA) is 69.2 Å². The zero-order valence-electron chi connectivity index (χ0n) is 8.31. The van der Waals surface area contributed by atoms with Crippen molar-refractivity contribution in [2.24, 2.45) is 5.92 Å². The minimum absolute atomic E-state index is 0.0715. The molecule has 1 amide bonds. The summed E-state index contributed by atoms with van der Waals surface area (Å²) in [6.07, 6.45) is 3.76. The monoisotopic (exact) mass is 207 g/mol. The Morgan fingerprint density at radius 2 is 2.33 bits per heavy atom. The zero-order valence-corrected chi connectivity index (χ0v) is 8.31. The van der Waals surface area contributed by atoms with Crippen LogP contribution in [0.5, 0.6) is 0 Å². The first-order valence-electron chi connectivity index (χ1n) is 5.20. The van der Waals surface area contributed by atoms with E-state index in [0.29, 0.717) is 24.7 Å². The number of likely N-dealkylation sites (tertiary alicyclic amines) is 1. The van der Waals surface area contributed by atoms with E-state index in [-0.39, 0.29) is 5.91 Å². The van der Waals surface area contributed by atoms with Crippen LogP contribution in [0.2, 0.25) is 0 Å². The fraction of sp³-hybridized carbons (Fsp3) is 0.600. The number of hydrogen-bond donors (Lipinski definition) is 2. The van der Waals surface area contributed by atoms with E-state index in [1.165, 1.54) is 0 Å². The summed E-state index contributed by atoms with van der Waals surface area (Å²) in [6, 6.07) is 1.65. The van der Waals surface area contributed by atoms with Gasteiger partial charge in [0.1, 0.15) is 11.3 Å². The lowest BCUT2D eigenvalue weighted by atomic mass is 9.88. The zero-order chi connectivity index (χ0) is 10.5. The summed E-state index contributed by atoms with van der Waals surface area (Å²) in [5, 5.41) is 16.4. The third-order valence-corrected chi connectivity index (χ3v) is 3.28. The van der Waals surface area contributed by atoms with Gasteiger partial charge in [0.25, 0.3) is 5.91 Å². The van der Waals surface area contributed by atoms with Crippen LogP contribution >= 0.6 is 0 Å². The number of carbonyl (C=O) groups is 1. The minimum atomic E-state index is -0.602. The molecule has 0 unspecified atom stereocenters. The normalized spacial score (nSPS) is 23.7. The average molecular weight is 207 g/mol. The molecule has 1 aliphatic heterocycles. The Kier molecular flexibility index (Phi) is 1.68. The summed E-state index contributed by atoms with van der Waals surface area (Å²) in [5.41, 5.74) is -0.108. The molecule has 2 aliphatic rings. The van der Waals surface area contributed by atoms with E-state index in [2.05, 4.69) is 10.2 Å². The molecule has 0 spiro atoms. The third-order valence-electron chi connectivity index (χ3n) is 3.28. The molecule has 0 aromatic carbocycles. The first-order chi connectivity index (χ1) is 7.19. The molecule has 0 radical (unpaired) electrons. The average Bonchev–Trinajstić information content (AvgIpc) is 2.89. The maximum absolute atomic E-state index is 11.8. The largest absolute Gasteiger partial charge is 0.386 e. The van der Waals surface area contributed by atoms with Gasteiger partial charge in [-0.25, -0.2) is 0 Å². The molecular formula is C10H13N3O2. The van der Waals surface area contributed by atoms with Gasteiger partial charge >= 0.3 is 0 Å². The molecule has 0 atom stereocenters. The molecule has 80 valence electrons. The summed E-state index contributed by atoms with van der Waals surface area (Å²) >= 11 is 0. The van der Waals surface area contributed by atoms with E-state index in [1.54, 1.807) is 17.2 Å². The van der Waals surface area contributed by atoms with Gasteiger partial charge in [-0.1, -0.05) is 0 Å². The van der Waals surface area contributed by atoms with Gasteiger partial charge in [-0.3, -0.25) is 9.89 Å². The van der Waals surface area contributed by atoms with Crippen molar-refractivity contribution in [2.45, 2.75) is 18.4 Å². The molecule has 1 saturated heterocycles. The number of aromatic amines is 1. The van der Waals surface area contributed by atoms with Gasteiger partial charge in [0, 0.05) is 6.20 Å². The van der Waals surface area contributed by atoms with Gasteiger partial charge in [0.05, 0.1) is 13.1 Å². The van der Waals surface area contributed by atoms with Crippen LogP contribution in [0.15, 0.2) is 12.3 Å². The van der Waals surface area contributed by atoms with Crippen molar-refractivity contribution in [1.82, 2.24) is 15.1 Å². The molecule has 1 aromatic heterocycles. The fourth-order valence-corrected chi connectivity index (χ4v) is 2.18. The minimum Gasteiger partial charge on any atom is -0.386 e. The SMILES string of the molecule is O=C(c1ccn[nH]1)N1CC(O)(C2CC2)C1. The van der Waals surface area contributed by atoms with Crippen molar-refractivity contribution in [3.05, 3.63) is 18.0 Å². The molecule has 2 fully saturated rings. The maximum Gasteiger partial charge on any atom is 0.272 e. The van der Waals surface area contributed by atoms with Crippen molar-refractivity contribution in [3.8, 4) is 0 Å². The summed E-state index contributed by atoms with van der Waals surface area (Å²) in [6.45, 7) is 0.936. The summed E-state index contributed by atoms with van der Waals surface area (Å²) in [5.74, 6) is 0.348. The highest BCUT2D eigenvalue weighted by Crippen LogP contribution is 2.44. The molecule has 1 aliphatic carbocycles. The first kappa shape index (κ1) is 8.91. The molecule has 5 heteroatoms. The number of aromatic nitrogens is 2. The van der Waals surface area contributed by atoms with Crippen LogP contribution < -0.4 is 0 Å². The quantitative estimate of drug-likeness (QED) is 0.717. The van der Waals surface area contributed by atoms with Gasteiger partial charge in [0.15, 0.2) is 0 Å². The highest BCUT2D eigenvalue weighted by atomic mass is 16.3. The molecule has 3 rings (SSSR count). The van der Waals surface area contributed by atoms with Crippen molar-refractivity contribution in [2.75, 3.05) is 13.1 Å². The van der Waals surface area contributed by atoms with Crippen LogP contribution in [0.3, 0.4) is 0 Å². The smallest absolute Gasteiger partial charge is 0.272 e. The molecule has 1 saturated carbocycles. The van der Waals surface area contributed by atoms with Crippen LogP contribution in [-0.4, -0.2) is 44.8 Å². The van der Waals surface area contributed by atoms with E-state index in [1.807, 2.05) is 0 Å². The number of β-amino-alcohol motifs (C(OH)–C–C–N with tert-alkyl or cyclic N) is 1. The molecule has 2 heterocycles. The number of amides is 1. The Morgan fingerprint density at radius 3 is 2.87 bits per heavy atom. The standard InChI is InChI=1S/C10H13N3O2/c14-9(8-3-4-11-12-8)13-5-10(15,6-13)7-1-2-7/h3-4,7,15H,1-2,5-6H2,(H,11,12). The van der Waals surface area contributed by atoms with Crippen molar-refractivity contribution >= 4 is 5.91 Å². The Bertz CT molecular complexity index is 377. The van der Waals surface area contributed by atoms with Gasteiger partial charge in [-0.05, 0) is 24.8 Å². The lowest BCUT2D eigenvalue weighted by molar-refractivity contribution is -0.0959. The van der Waals surface area contributed by atoms with E-state index >= 15 is 0 Å². The van der Waals surface area contributed by atoms with Crippen LogP contribution in [0, 0.1) is 5.92 Å². The Hall–Kier alpha value is -1.36. The predicted octanol–water partition coefficient (Wildman–Crippen LogP) is 0.00660. The third kappa shape index (κ3) is 1.34. The summed E-state index contributed by atoms with van der Waals surface area (Å²) < 4.78 is 0. The number of carbonyl (C=O) groups excluding carboxylic acids is 1. The maximum atomic E-state index is 11.8. The van der Waals surface area contributed by atoms with Crippen LogP contribution in [0.1, 0.15) is 23.3 Å². The number of nitrogens with zero attached hydrogens (tertiary/aromatic N) is 2. The second-order valence-corrected chi connectivity index (χ2v) is 4.51. The lowest BCUT2D eigenvalue weighted by Crippen LogP contribution is -2.64. The van der Waals surface area contributed by atoms with E-state index in [9.17, 15) is 9.90 Å². The van der Waals surface area contributed by atoms with Gasteiger partial charge in [-0.15, -0.1) is 0 Å². The van der Waals surface area contributed by atoms with Gasteiger partial charge in [0.2, 0.25) is 0 Å². The molecule has 15 heavy (non-hydrogen) atoms. The predicted molar refractivity (Wildman–Crippen MR) is 52.2 cm³/mol. The molecule has 1 aromatic rings. The summed E-state index contributed by atoms with van der Waals surface area (Å²) in [4.78, 5) is 13.4. The van der Waals surface area contributed by atoms with Crippen molar-refractivity contribution < 1.29 is 9.90 Å². The number of hydrogen-bond acceptors (Lipinski definition) is 3. The highest BCUT2D eigenvalue weighted by Gasteiger charge is 2.53. The van der Waals surface area contributed by atoms with Gasteiger partial charge < -0.3 is 10.0 Å². The highest BCUT2D eigenvalue weighted by molar-refractivity contribution is 5.92. The van der Waals surface area contributed by atoms with Crippen molar-refractivity contribution in [1.29, 1.82) is 0 Å². The van der Waals surface area contributed by atoms with Crippen LogP contribution in [0.4, 0.5) is 0 Å². The molecule has 5 nitrogen and oxygen atoms in total. The first-order valence-corrected chi connectivity index (χ1v) is 5.20. The Balaban J connectivity index is 1.65. The molecular weight excluding hydrogens is 194 g/mol. The number of rotatable bonds is 2. The number of H-pyrrole nitrogens is 1. The fourth-order valence-electron chi connectivity index (χ4n) is 2.18. The van der Waals surface area contributed by atoms with E-state index in [4.69, 9.17) is 0 Å². The van der Waals surface area contributed by atoms with Gasteiger partial charge in [-0.2, -0.15) is 5.10 Å². The lowest BCUT2D eigenvalue weighted by Gasteiger charge is -2.46. The van der Waals surface area contributed by atoms with Crippen LogP contribution in [0.25, 0.3) is 0 Å². The van der Waals surface area contributed by atoms with Crippen molar-refractivity contribution in [3.63, 3.8) is 0 Å².